The lowest BCUT2D eigenvalue weighted by atomic mass is 10.2. The molecule has 0 saturated carbocycles. The Morgan fingerprint density at radius 3 is 2.67 bits per heavy atom. The maximum absolute atomic E-state index is 12.7. The second kappa shape index (κ2) is 6.33. The zero-order chi connectivity index (χ0) is 15.5. The molecule has 1 aromatic heterocycles. The molecule has 0 N–H and O–H groups in total. The Morgan fingerprint density at radius 1 is 1.38 bits per heavy atom. The fourth-order valence-corrected chi connectivity index (χ4v) is 2.52. The van der Waals surface area contributed by atoms with Crippen molar-refractivity contribution in [2.24, 2.45) is 0 Å². The van der Waals surface area contributed by atoms with Gasteiger partial charge in [-0.05, 0) is 12.1 Å². The third-order valence-electron chi connectivity index (χ3n) is 2.62. The van der Waals surface area contributed by atoms with E-state index in [4.69, 9.17) is 18.2 Å². The molecule has 2 aromatic rings. The van der Waals surface area contributed by atoms with Crippen molar-refractivity contribution in [1.29, 1.82) is 0 Å². The SMILES string of the molecule is [C-]#[N+]c1ccc(N(Cc2cscn2)CC(F)(F)F)cc1Cl. The average Bonchev–Trinajstić information content (AvgIpc) is 2.89. The summed E-state index contributed by atoms with van der Waals surface area (Å²) in [6.07, 6.45) is -4.35. The van der Waals surface area contributed by atoms with Crippen LogP contribution in [0.2, 0.25) is 5.02 Å². The normalized spacial score (nSPS) is 11.2. The highest BCUT2D eigenvalue weighted by molar-refractivity contribution is 7.07. The summed E-state index contributed by atoms with van der Waals surface area (Å²) in [4.78, 5) is 8.32. The molecule has 8 heteroatoms. The highest BCUT2D eigenvalue weighted by atomic mass is 35.5. The number of hydrogen-bond acceptors (Lipinski definition) is 3. The summed E-state index contributed by atoms with van der Waals surface area (Å²) in [5, 5.41) is 1.83. The van der Waals surface area contributed by atoms with Gasteiger partial charge in [0.25, 0.3) is 0 Å². The van der Waals surface area contributed by atoms with Crippen molar-refractivity contribution < 1.29 is 13.2 Å². The number of aromatic nitrogens is 1. The Hall–Kier alpha value is -1.78. The molecule has 2 rings (SSSR count). The van der Waals surface area contributed by atoms with E-state index in [9.17, 15) is 13.2 Å². The van der Waals surface area contributed by atoms with Gasteiger partial charge in [0, 0.05) is 16.1 Å². The molecule has 0 bridgehead atoms. The molecule has 0 aliphatic heterocycles. The zero-order valence-electron chi connectivity index (χ0n) is 10.6. The summed E-state index contributed by atoms with van der Waals surface area (Å²) in [5.74, 6) is 0. The summed E-state index contributed by atoms with van der Waals surface area (Å²) in [6, 6.07) is 4.24. The Labute approximate surface area is 128 Å². The molecule has 0 radical (unpaired) electrons. The summed E-state index contributed by atoms with van der Waals surface area (Å²) < 4.78 is 38.2. The number of anilines is 1. The minimum atomic E-state index is -4.35. The minimum absolute atomic E-state index is 0.0245. The number of rotatable bonds is 4. The zero-order valence-corrected chi connectivity index (χ0v) is 12.1. The molecule has 0 unspecified atom stereocenters. The third kappa shape index (κ3) is 4.34. The number of nitrogens with zero attached hydrogens (tertiary/aromatic N) is 3. The second-order valence-electron chi connectivity index (χ2n) is 4.20. The lowest BCUT2D eigenvalue weighted by Gasteiger charge is -2.25. The molecule has 0 fully saturated rings. The first-order valence-corrected chi connectivity index (χ1v) is 7.07. The molecule has 0 atom stereocenters. The van der Waals surface area contributed by atoms with E-state index >= 15 is 0 Å². The van der Waals surface area contributed by atoms with Gasteiger partial charge < -0.3 is 4.90 Å². The molecule has 1 heterocycles. The van der Waals surface area contributed by atoms with E-state index < -0.39 is 12.7 Å². The number of benzene rings is 1. The van der Waals surface area contributed by atoms with Crippen molar-refractivity contribution in [3.8, 4) is 0 Å². The van der Waals surface area contributed by atoms with Gasteiger partial charge in [-0.3, -0.25) is 0 Å². The van der Waals surface area contributed by atoms with E-state index in [-0.39, 0.29) is 17.3 Å². The second-order valence-corrected chi connectivity index (χ2v) is 5.32. The van der Waals surface area contributed by atoms with Crippen molar-refractivity contribution in [3.05, 3.63) is 51.2 Å². The molecule has 0 saturated heterocycles. The molecule has 0 amide bonds. The van der Waals surface area contributed by atoms with E-state index in [0.29, 0.717) is 11.4 Å². The van der Waals surface area contributed by atoms with Gasteiger partial charge in [-0.1, -0.05) is 17.7 Å². The van der Waals surface area contributed by atoms with Gasteiger partial charge in [0.15, 0.2) is 0 Å². The molecule has 3 nitrogen and oxygen atoms in total. The van der Waals surface area contributed by atoms with Gasteiger partial charge in [-0.2, -0.15) is 13.2 Å². The Bertz CT molecular complexity index is 650. The van der Waals surface area contributed by atoms with Crippen LogP contribution in [0.5, 0.6) is 0 Å². The third-order valence-corrected chi connectivity index (χ3v) is 3.56. The maximum Gasteiger partial charge on any atom is 0.405 e. The molecule has 0 aliphatic rings. The Balaban J connectivity index is 2.30. The van der Waals surface area contributed by atoms with E-state index in [2.05, 4.69) is 9.83 Å². The first-order valence-electron chi connectivity index (χ1n) is 5.75. The fraction of sp³-hybridized carbons (Fsp3) is 0.231. The van der Waals surface area contributed by atoms with Crippen LogP contribution in [0.15, 0.2) is 29.1 Å². The summed E-state index contributed by atoms with van der Waals surface area (Å²) >= 11 is 7.21. The van der Waals surface area contributed by atoms with Crippen LogP contribution in [-0.2, 0) is 6.54 Å². The smallest absolute Gasteiger partial charge is 0.357 e. The van der Waals surface area contributed by atoms with Gasteiger partial charge in [0.1, 0.15) is 6.54 Å². The van der Waals surface area contributed by atoms with Crippen molar-refractivity contribution in [2.45, 2.75) is 12.7 Å². The van der Waals surface area contributed by atoms with E-state index in [1.807, 2.05) is 0 Å². The van der Waals surface area contributed by atoms with Crippen molar-refractivity contribution in [1.82, 2.24) is 4.98 Å². The van der Waals surface area contributed by atoms with Crippen LogP contribution >= 0.6 is 22.9 Å². The molecule has 21 heavy (non-hydrogen) atoms. The molecular weight excluding hydrogens is 323 g/mol. The van der Waals surface area contributed by atoms with Crippen LogP contribution in [0, 0.1) is 6.57 Å². The first kappa shape index (κ1) is 15.6. The Kier molecular flexibility index (Phi) is 4.70. The first-order chi connectivity index (χ1) is 9.89. The maximum atomic E-state index is 12.7. The Morgan fingerprint density at radius 2 is 2.14 bits per heavy atom. The standard InChI is InChI=1S/C13H9ClF3N3S/c1-18-12-3-2-10(4-11(12)14)20(7-13(15,16)17)5-9-6-21-8-19-9/h2-4,6,8H,5,7H2. The van der Waals surface area contributed by atoms with Gasteiger partial charge in [0.05, 0.1) is 24.3 Å². The van der Waals surface area contributed by atoms with Crippen LogP contribution < -0.4 is 4.90 Å². The van der Waals surface area contributed by atoms with Crippen LogP contribution in [0.1, 0.15) is 5.69 Å². The molecule has 0 aliphatic carbocycles. The highest BCUT2D eigenvalue weighted by Gasteiger charge is 2.31. The van der Waals surface area contributed by atoms with Crippen molar-refractivity contribution in [2.75, 3.05) is 11.4 Å². The summed E-state index contributed by atoms with van der Waals surface area (Å²) in [7, 11) is 0. The van der Waals surface area contributed by atoms with Gasteiger partial charge in [-0.25, -0.2) is 9.83 Å². The number of alkyl halides is 3. The van der Waals surface area contributed by atoms with Crippen molar-refractivity contribution in [3.63, 3.8) is 0 Å². The number of hydrogen-bond donors (Lipinski definition) is 0. The average molecular weight is 332 g/mol. The van der Waals surface area contributed by atoms with E-state index in [1.54, 1.807) is 10.9 Å². The van der Waals surface area contributed by atoms with Gasteiger partial charge >= 0.3 is 6.18 Å². The number of halogens is 4. The molecule has 1 aromatic carbocycles. The summed E-state index contributed by atoms with van der Waals surface area (Å²) in [5.41, 5.74) is 2.63. The highest BCUT2D eigenvalue weighted by Crippen LogP contribution is 2.31. The van der Waals surface area contributed by atoms with Crippen LogP contribution in [0.3, 0.4) is 0 Å². The van der Waals surface area contributed by atoms with Gasteiger partial charge in [-0.15, -0.1) is 11.3 Å². The number of thiazole rings is 1. The predicted octanol–water partition coefficient (Wildman–Crippen LogP) is 4.92. The quantitative estimate of drug-likeness (QED) is 0.741. The lowest BCUT2D eigenvalue weighted by molar-refractivity contribution is -0.119. The molecule has 0 spiro atoms. The summed E-state index contributed by atoms with van der Waals surface area (Å²) in [6.45, 7) is 5.81. The fourth-order valence-electron chi connectivity index (χ4n) is 1.75. The van der Waals surface area contributed by atoms with Crippen LogP contribution in [-0.4, -0.2) is 17.7 Å². The van der Waals surface area contributed by atoms with E-state index in [0.717, 1.165) is 4.90 Å². The topological polar surface area (TPSA) is 20.5 Å². The van der Waals surface area contributed by atoms with Crippen LogP contribution in [0.25, 0.3) is 4.85 Å². The van der Waals surface area contributed by atoms with Crippen LogP contribution in [0.4, 0.5) is 24.5 Å². The monoisotopic (exact) mass is 331 g/mol. The minimum Gasteiger partial charge on any atom is -0.357 e. The largest absolute Gasteiger partial charge is 0.405 e. The van der Waals surface area contributed by atoms with E-state index in [1.165, 1.54) is 29.5 Å². The molecule has 110 valence electrons. The molecular formula is C13H9ClF3N3S. The van der Waals surface area contributed by atoms with Gasteiger partial charge in [0.2, 0.25) is 5.69 Å². The lowest BCUT2D eigenvalue weighted by Crippen LogP contribution is -2.33. The predicted molar refractivity (Wildman–Crippen MR) is 76.9 cm³/mol. The van der Waals surface area contributed by atoms with Crippen molar-refractivity contribution >= 4 is 34.3 Å².